The molecular weight excluding hydrogens is 400 g/mol. The summed E-state index contributed by atoms with van der Waals surface area (Å²) in [5, 5.41) is 9.25. The van der Waals surface area contributed by atoms with Crippen molar-refractivity contribution >= 4 is 23.2 Å². The maximum Gasteiger partial charge on any atom is 0.262 e. The largest absolute Gasteiger partial charge is 0.497 e. The molecular formula is C21H24ClF2N3O2. The van der Waals surface area contributed by atoms with Crippen LogP contribution in [0.3, 0.4) is 0 Å². The van der Waals surface area contributed by atoms with Crippen LogP contribution in [0.4, 0.5) is 14.5 Å². The van der Waals surface area contributed by atoms with Gasteiger partial charge in [-0.15, -0.1) is 0 Å². The lowest BCUT2D eigenvalue weighted by molar-refractivity contribution is -0.122. The van der Waals surface area contributed by atoms with E-state index in [1.54, 1.807) is 49.6 Å². The van der Waals surface area contributed by atoms with Gasteiger partial charge in [-0.1, -0.05) is 17.7 Å². The van der Waals surface area contributed by atoms with Crippen molar-refractivity contribution in [3.05, 3.63) is 58.6 Å². The maximum absolute atomic E-state index is 13.9. The highest BCUT2D eigenvalue weighted by molar-refractivity contribution is 6.30. The molecule has 0 spiro atoms. The predicted octanol–water partition coefficient (Wildman–Crippen LogP) is 4.14. The number of carbonyl (C=O) groups is 1. The van der Waals surface area contributed by atoms with E-state index in [1.807, 2.05) is 0 Å². The van der Waals surface area contributed by atoms with Crippen LogP contribution in [0.1, 0.15) is 30.0 Å². The maximum atomic E-state index is 13.9. The zero-order valence-electron chi connectivity index (χ0n) is 16.1. The Hall–Kier alpha value is -2.38. The average Bonchev–Trinajstić information content (AvgIpc) is 3.26. The summed E-state index contributed by atoms with van der Waals surface area (Å²) >= 11 is 6.09. The van der Waals surface area contributed by atoms with Crippen LogP contribution < -0.4 is 20.7 Å². The molecule has 1 heterocycles. The summed E-state index contributed by atoms with van der Waals surface area (Å²) in [5.41, 5.74) is 1.48. The van der Waals surface area contributed by atoms with Gasteiger partial charge in [-0.3, -0.25) is 4.79 Å². The van der Waals surface area contributed by atoms with Gasteiger partial charge in [-0.25, -0.2) is 8.78 Å². The molecule has 0 radical (unpaired) electrons. The van der Waals surface area contributed by atoms with Crippen molar-refractivity contribution in [3.63, 3.8) is 0 Å². The summed E-state index contributed by atoms with van der Waals surface area (Å²) in [4.78, 5) is 12.3. The second-order valence-electron chi connectivity index (χ2n) is 6.89. The minimum absolute atomic E-state index is 0.125. The van der Waals surface area contributed by atoms with Gasteiger partial charge in [0.2, 0.25) is 5.91 Å². The van der Waals surface area contributed by atoms with Crippen molar-refractivity contribution in [3.8, 4) is 5.75 Å². The molecule has 0 aliphatic carbocycles. The first kappa shape index (κ1) is 21.3. The number of hydrogen-bond donors (Lipinski definition) is 3. The third-order valence-corrected chi connectivity index (χ3v) is 5.17. The number of halogens is 3. The van der Waals surface area contributed by atoms with E-state index in [0.29, 0.717) is 27.6 Å². The van der Waals surface area contributed by atoms with E-state index in [9.17, 15) is 13.6 Å². The third kappa shape index (κ3) is 5.58. The van der Waals surface area contributed by atoms with Crippen LogP contribution in [0.5, 0.6) is 5.75 Å². The molecule has 0 saturated carbocycles. The van der Waals surface area contributed by atoms with Gasteiger partial charge in [0.25, 0.3) is 6.43 Å². The molecule has 1 aliphatic heterocycles. The number of methoxy groups -OCH3 is 1. The van der Waals surface area contributed by atoms with Gasteiger partial charge < -0.3 is 20.7 Å². The fourth-order valence-electron chi connectivity index (χ4n) is 3.39. The predicted molar refractivity (Wildman–Crippen MR) is 110 cm³/mol. The van der Waals surface area contributed by atoms with Crippen LogP contribution in [-0.2, 0) is 11.3 Å². The summed E-state index contributed by atoms with van der Waals surface area (Å²) in [6, 6.07) is 10.0. The SMILES string of the molecule is COc1ccc(NC(c2ccc(Cl)cc2CNC(=O)[C@@H]2CCCN2)C(F)F)cc1. The van der Waals surface area contributed by atoms with Crippen molar-refractivity contribution in [2.24, 2.45) is 0 Å². The minimum Gasteiger partial charge on any atom is -0.497 e. The lowest BCUT2D eigenvalue weighted by Gasteiger charge is -2.23. The smallest absolute Gasteiger partial charge is 0.262 e. The van der Waals surface area contributed by atoms with E-state index in [2.05, 4.69) is 16.0 Å². The van der Waals surface area contributed by atoms with Crippen LogP contribution in [0, 0.1) is 0 Å². The van der Waals surface area contributed by atoms with Gasteiger partial charge in [-0.05, 0) is 66.9 Å². The molecule has 2 aromatic rings. The number of ether oxygens (including phenoxy) is 1. The van der Waals surface area contributed by atoms with Crippen molar-refractivity contribution in [1.29, 1.82) is 0 Å². The Morgan fingerprint density at radius 3 is 2.66 bits per heavy atom. The Labute approximate surface area is 173 Å². The number of nitrogens with one attached hydrogen (secondary N) is 3. The van der Waals surface area contributed by atoms with Crippen molar-refractivity contribution < 1.29 is 18.3 Å². The fraction of sp³-hybridized carbons (Fsp3) is 0.381. The molecule has 1 saturated heterocycles. The van der Waals surface area contributed by atoms with Gasteiger partial charge in [0.1, 0.15) is 11.8 Å². The first-order chi connectivity index (χ1) is 14.0. The van der Waals surface area contributed by atoms with Crippen molar-refractivity contribution in [2.45, 2.75) is 37.9 Å². The van der Waals surface area contributed by atoms with Crippen LogP contribution in [0.15, 0.2) is 42.5 Å². The molecule has 2 aromatic carbocycles. The molecule has 1 aliphatic rings. The summed E-state index contributed by atoms with van der Waals surface area (Å²) in [6.45, 7) is 0.931. The Bertz CT molecular complexity index is 827. The van der Waals surface area contributed by atoms with Gasteiger partial charge in [0, 0.05) is 17.3 Å². The van der Waals surface area contributed by atoms with Crippen LogP contribution in [0.2, 0.25) is 5.02 Å². The molecule has 1 amide bonds. The summed E-state index contributed by atoms with van der Waals surface area (Å²) in [7, 11) is 1.54. The van der Waals surface area contributed by atoms with Gasteiger partial charge >= 0.3 is 0 Å². The van der Waals surface area contributed by atoms with E-state index < -0.39 is 12.5 Å². The summed E-state index contributed by atoms with van der Waals surface area (Å²) in [5.74, 6) is 0.504. The number of hydrogen-bond acceptors (Lipinski definition) is 4. The average molecular weight is 424 g/mol. The number of rotatable bonds is 8. The first-order valence-electron chi connectivity index (χ1n) is 9.46. The Kier molecular flexibility index (Phi) is 7.28. The highest BCUT2D eigenvalue weighted by Gasteiger charge is 2.26. The van der Waals surface area contributed by atoms with E-state index in [1.165, 1.54) is 0 Å². The Morgan fingerprint density at radius 2 is 2.03 bits per heavy atom. The summed E-state index contributed by atoms with van der Waals surface area (Å²) in [6.07, 6.45) is -0.948. The quantitative estimate of drug-likeness (QED) is 0.597. The number of anilines is 1. The van der Waals surface area contributed by atoms with Gasteiger partial charge in [0.15, 0.2) is 0 Å². The monoisotopic (exact) mass is 423 g/mol. The molecule has 2 atom stereocenters. The molecule has 0 aromatic heterocycles. The second-order valence-corrected chi connectivity index (χ2v) is 7.33. The third-order valence-electron chi connectivity index (χ3n) is 4.93. The molecule has 0 bridgehead atoms. The highest BCUT2D eigenvalue weighted by atomic mass is 35.5. The van der Waals surface area contributed by atoms with E-state index in [-0.39, 0.29) is 18.5 Å². The number of amides is 1. The Morgan fingerprint density at radius 1 is 1.28 bits per heavy atom. The lowest BCUT2D eigenvalue weighted by Crippen LogP contribution is -2.40. The molecule has 29 heavy (non-hydrogen) atoms. The number of alkyl halides is 2. The zero-order valence-corrected chi connectivity index (χ0v) is 16.8. The second kappa shape index (κ2) is 9.89. The lowest BCUT2D eigenvalue weighted by atomic mass is 9.99. The minimum atomic E-state index is -2.66. The van der Waals surface area contributed by atoms with E-state index in [0.717, 1.165) is 19.4 Å². The van der Waals surface area contributed by atoms with Crippen molar-refractivity contribution in [1.82, 2.24) is 10.6 Å². The topological polar surface area (TPSA) is 62.4 Å². The number of benzene rings is 2. The van der Waals surface area contributed by atoms with Crippen molar-refractivity contribution in [2.75, 3.05) is 19.0 Å². The number of carbonyl (C=O) groups excluding carboxylic acids is 1. The molecule has 3 N–H and O–H groups in total. The normalized spacial score (nSPS) is 17.2. The Balaban J connectivity index is 1.78. The molecule has 3 rings (SSSR count). The zero-order chi connectivity index (χ0) is 20.8. The molecule has 156 valence electrons. The van der Waals surface area contributed by atoms with Crippen LogP contribution >= 0.6 is 11.6 Å². The van der Waals surface area contributed by atoms with Gasteiger partial charge in [0.05, 0.1) is 13.2 Å². The molecule has 8 heteroatoms. The highest BCUT2D eigenvalue weighted by Crippen LogP contribution is 2.30. The van der Waals surface area contributed by atoms with Crippen LogP contribution in [-0.4, -0.2) is 32.0 Å². The first-order valence-corrected chi connectivity index (χ1v) is 9.84. The van der Waals surface area contributed by atoms with Crippen LogP contribution in [0.25, 0.3) is 0 Å². The molecule has 1 fully saturated rings. The molecule has 5 nitrogen and oxygen atoms in total. The van der Waals surface area contributed by atoms with Gasteiger partial charge in [-0.2, -0.15) is 0 Å². The molecule has 1 unspecified atom stereocenters. The van der Waals surface area contributed by atoms with E-state index in [4.69, 9.17) is 16.3 Å². The summed E-state index contributed by atoms with van der Waals surface area (Å²) < 4.78 is 32.9. The fourth-order valence-corrected chi connectivity index (χ4v) is 3.58. The standard InChI is InChI=1S/C21H24ClF2N3O2/c1-29-16-7-5-15(6-8-16)27-19(20(23)24)17-9-4-14(22)11-13(17)12-26-21(28)18-3-2-10-25-18/h4-9,11,18-20,25,27H,2-3,10,12H2,1H3,(H,26,28)/t18-,19?/m0/s1. The van der Waals surface area contributed by atoms with E-state index >= 15 is 0 Å².